The molecule has 1 fully saturated rings. The van der Waals surface area contributed by atoms with Crippen molar-refractivity contribution in [2.75, 3.05) is 37.4 Å². The molecule has 0 aliphatic carbocycles. The number of carbonyl (C=O) groups excluding carboxylic acids is 2. The third-order valence-corrected chi connectivity index (χ3v) is 6.07. The van der Waals surface area contributed by atoms with Gasteiger partial charge in [-0.1, -0.05) is 11.6 Å². The minimum Gasteiger partial charge on any atom is -0.495 e. The first-order valence-electron chi connectivity index (χ1n) is 11.1. The number of pyridine rings is 1. The van der Waals surface area contributed by atoms with Gasteiger partial charge >= 0.3 is 6.03 Å². The Hall–Kier alpha value is -3.70. The Morgan fingerprint density at radius 3 is 2.63 bits per heavy atom. The van der Waals surface area contributed by atoms with Gasteiger partial charge in [-0.25, -0.2) is 4.79 Å². The average molecular weight is 499 g/mol. The maximum absolute atomic E-state index is 12.7. The molecule has 184 valence electrons. The number of hydrogen-bond acceptors (Lipinski definition) is 7. The second-order valence-electron chi connectivity index (χ2n) is 8.28. The van der Waals surface area contributed by atoms with Crippen molar-refractivity contribution in [2.24, 2.45) is 7.05 Å². The van der Waals surface area contributed by atoms with Crippen LogP contribution in [0.1, 0.15) is 18.0 Å². The zero-order valence-corrected chi connectivity index (χ0v) is 20.2. The van der Waals surface area contributed by atoms with Crippen molar-refractivity contribution >= 4 is 35.2 Å². The molecule has 4 rings (SSSR count). The lowest BCUT2D eigenvalue weighted by molar-refractivity contribution is -0.117. The van der Waals surface area contributed by atoms with Crippen molar-refractivity contribution in [1.82, 2.24) is 30.0 Å². The SMILES string of the molecule is COc1ccc(C2CN(CC(=O)Nc3nncn3C)CCC2NC(=O)Nc2ccc(Cl)cc2)nc1. The molecule has 11 nitrogen and oxygen atoms in total. The van der Waals surface area contributed by atoms with Crippen LogP contribution in [0.2, 0.25) is 5.02 Å². The summed E-state index contributed by atoms with van der Waals surface area (Å²) < 4.78 is 6.86. The standard InChI is InChI=1S/C23H27ClN8O3/c1-31-14-26-30-22(31)29-21(33)13-32-10-9-20(18(12-32)19-8-7-17(35-2)11-25-19)28-23(34)27-16-5-3-15(24)4-6-16/h3-8,11,14,18,20H,9-10,12-13H2,1-2H3,(H2,27,28,34)(H,29,30,33). The number of benzene rings is 1. The molecule has 0 spiro atoms. The second-order valence-corrected chi connectivity index (χ2v) is 8.72. The van der Waals surface area contributed by atoms with Crippen molar-refractivity contribution in [2.45, 2.75) is 18.4 Å². The first-order chi connectivity index (χ1) is 16.9. The van der Waals surface area contributed by atoms with Crippen LogP contribution in [0, 0.1) is 0 Å². The molecule has 2 atom stereocenters. The summed E-state index contributed by atoms with van der Waals surface area (Å²) in [5.74, 6) is 0.718. The van der Waals surface area contributed by atoms with E-state index in [0.717, 1.165) is 5.69 Å². The number of anilines is 2. The molecule has 1 saturated heterocycles. The van der Waals surface area contributed by atoms with Crippen molar-refractivity contribution in [3.63, 3.8) is 0 Å². The van der Waals surface area contributed by atoms with E-state index < -0.39 is 0 Å². The fourth-order valence-electron chi connectivity index (χ4n) is 4.00. The topological polar surface area (TPSA) is 126 Å². The number of methoxy groups -OCH3 is 1. The first-order valence-corrected chi connectivity index (χ1v) is 11.5. The third-order valence-electron chi connectivity index (χ3n) is 5.82. The Labute approximate surface area is 207 Å². The van der Waals surface area contributed by atoms with Crippen molar-refractivity contribution < 1.29 is 14.3 Å². The summed E-state index contributed by atoms with van der Waals surface area (Å²) in [5, 5.41) is 16.9. The van der Waals surface area contributed by atoms with Crippen LogP contribution in [0.3, 0.4) is 0 Å². The van der Waals surface area contributed by atoms with Crippen LogP contribution < -0.4 is 20.7 Å². The summed E-state index contributed by atoms with van der Waals surface area (Å²) in [4.78, 5) is 31.9. The van der Waals surface area contributed by atoms with Crippen molar-refractivity contribution in [1.29, 1.82) is 0 Å². The molecular formula is C23H27ClN8O3. The molecule has 0 radical (unpaired) electrons. The van der Waals surface area contributed by atoms with Crippen LogP contribution in [0.25, 0.3) is 0 Å². The van der Waals surface area contributed by atoms with Gasteiger partial charge < -0.3 is 19.9 Å². The fraction of sp³-hybridized carbons (Fsp3) is 0.348. The van der Waals surface area contributed by atoms with E-state index in [9.17, 15) is 9.59 Å². The smallest absolute Gasteiger partial charge is 0.319 e. The molecule has 0 bridgehead atoms. The van der Waals surface area contributed by atoms with Crippen molar-refractivity contribution in [3.8, 4) is 5.75 Å². The van der Waals surface area contributed by atoms with E-state index in [1.165, 1.54) is 6.33 Å². The molecular weight excluding hydrogens is 472 g/mol. The van der Waals surface area contributed by atoms with E-state index in [-0.39, 0.29) is 30.4 Å². The van der Waals surface area contributed by atoms with Gasteiger partial charge in [0.15, 0.2) is 0 Å². The second kappa shape index (κ2) is 11.2. The summed E-state index contributed by atoms with van der Waals surface area (Å²) in [5.41, 5.74) is 1.45. The molecule has 3 heterocycles. The molecule has 12 heteroatoms. The molecule has 1 aliphatic rings. The highest BCUT2D eigenvalue weighted by Crippen LogP contribution is 2.27. The summed E-state index contributed by atoms with van der Waals surface area (Å²) in [6.07, 6.45) is 3.82. The molecule has 35 heavy (non-hydrogen) atoms. The summed E-state index contributed by atoms with van der Waals surface area (Å²) >= 11 is 5.92. The van der Waals surface area contributed by atoms with Gasteiger partial charge in [0.2, 0.25) is 11.9 Å². The number of ether oxygens (including phenoxy) is 1. The number of nitrogens with one attached hydrogen (secondary N) is 3. The van der Waals surface area contributed by atoms with Crippen molar-refractivity contribution in [3.05, 3.63) is 59.6 Å². The number of hydrogen-bond donors (Lipinski definition) is 3. The zero-order chi connectivity index (χ0) is 24.8. The van der Waals surface area contributed by atoms with E-state index in [4.69, 9.17) is 16.3 Å². The minimum absolute atomic E-state index is 0.131. The highest BCUT2D eigenvalue weighted by atomic mass is 35.5. The van der Waals surface area contributed by atoms with Gasteiger partial charge in [0.25, 0.3) is 0 Å². The van der Waals surface area contributed by atoms with Crippen LogP contribution >= 0.6 is 11.6 Å². The molecule has 0 saturated carbocycles. The number of aryl methyl sites for hydroxylation is 1. The highest BCUT2D eigenvalue weighted by Gasteiger charge is 2.33. The first kappa shape index (κ1) is 24.4. The van der Waals surface area contributed by atoms with E-state index in [0.29, 0.717) is 41.9 Å². The maximum atomic E-state index is 12.7. The maximum Gasteiger partial charge on any atom is 0.319 e. The number of nitrogens with zero attached hydrogens (tertiary/aromatic N) is 5. The van der Waals surface area contributed by atoms with Crippen LogP contribution in [-0.4, -0.2) is 69.4 Å². The molecule has 1 aromatic carbocycles. The minimum atomic E-state index is -0.315. The Kier molecular flexibility index (Phi) is 7.78. The number of amides is 3. The number of likely N-dealkylation sites (tertiary alicyclic amines) is 1. The normalized spacial score (nSPS) is 18.0. The zero-order valence-electron chi connectivity index (χ0n) is 19.4. The van der Waals surface area contributed by atoms with Gasteiger partial charge in [-0.2, -0.15) is 0 Å². The monoisotopic (exact) mass is 498 g/mol. The number of rotatable bonds is 7. The van der Waals surface area contributed by atoms with Crippen LogP contribution in [0.5, 0.6) is 5.75 Å². The van der Waals surface area contributed by atoms with Gasteiger partial charge in [0.1, 0.15) is 12.1 Å². The van der Waals surface area contributed by atoms with Crippen LogP contribution in [0.15, 0.2) is 48.9 Å². The quantitative estimate of drug-likeness (QED) is 0.456. The number of halogens is 1. The number of urea groups is 1. The third kappa shape index (κ3) is 6.46. The molecule has 1 aliphatic heterocycles. The van der Waals surface area contributed by atoms with Gasteiger partial charge in [0.05, 0.1) is 19.9 Å². The number of piperidine rings is 1. The Balaban J connectivity index is 1.43. The molecule has 3 aromatic rings. The summed E-state index contributed by atoms with van der Waals surface area (Å²) in [6.45, 7) is 1.35. The molecule has 3 N–H and O–H groups in total. The lowest BCUT2D eigenvalue weighted by atomic mass is 9.88. The van der Waals surface area contributed by atoms with E-state index >= 15 is 0 Å². The van der Waals surface area contributed by atoms with Gasteiger partial charge in [-0.3, -0.25) is 20.0 Å². The van der Waals surface area contributed by atoms with Gasteiger partial charge in [-0.05, 0) is 42.8 Å². The van der Waals surface area contributed by atoms with Crippen LogP contribution in [-0.2, 0) is 11.8 Å². The Morgan fingerprint density at radius 1 is 1.17 bits per heavy atom. The van der Waals surface area contributed by atoms with Gasteiger partial charge in [-0.15, -0.1) is 10.2 Å². The molecule has 3 amide bonds. The van der Waals surface area contributed by atoms with E-state index in [1.807, 2.05) is 17.0 Å². The number of carbonyl (C=O) groups is 2. The van der Waals surface area contributed by atoms with E-state index in [1.54, 1.807) is 49.2 Å². The lowest BCUT2D eigenvalue weighted by Crippen LogP contribution is -2.52. The summed E-state index contributed by atoms with van der Waals surface area (Å²) in [6, 6.07) is 10.1. The van der Waals surface area contributed by atoms with Crippen LogP contribution in [0.4, 0.5) is 16.4 Å². The Morgan fingerprint density at radius 2 is 1.97 bits per heavy atom. The predicted octanol–water partition coefficient (Wildman–Crippen LogP) is 2.49. The Bertz CT molecular complexity index is 1150. The molecule has 2 aromatic heterocycles. The predicted molar refractivity (Wildman–Crippen MR) is 132 cm³/mol. The largest absolute Gasteiger partial charge is 0.495 e. The lowest BCUT2D eigenvalue weighted by Gasteiger charge is -2.38. The van der Waals surface area contributed by atoms with E-state index in [2.05, 4.69) is 31.1 Å². The number of aromatic nitrogens is 4. The summed E-state index contributed by atoms with van der Waals surface area (Å²) in [7, 11) is 3.34. The fourth-order valence-corrected chi connectivity index (χ4v) is 4.13. The molecule has 2 unspecified atom stereocenters. The van der Waals surface area contributed by atoms with Gasteiger partial charge in [0, 0.05) is 48.5 Å². The highest BCUT2D eigenvalue weighted by molar-refractivity contribution is 6.30. The average Bonchev–Trinajstić information content (AvgIpc) is 3.25.